The third-order valence-electron chi connectivity index (χ3n) is 6.48. The Morgan fingerprint density at radius 2 is 1.74 bits per heavy atom. The van der Waals surface area contributed by atoms with Crippen LogP contribution in [0.3, 0.4) is 0 Å². The third-order valence-corrected chi connectivity index (χ3v) is 7.81. The molecule has 210 valence electrons. The summed E-state index contributed by atoms with van der Waals surface area (Å²) >= 11 is 4.76. The minimum atomic E-state index is -4.57. The van der Waals surface area contributed by atoms with E-state index < -0.39 is 28.8 Å². The quantitative estimate of drug-likeness (QED) is 0.195. The van der Waals surface area contributed by atoms with E-state index in [1.54, 1.807) is 6.20 Å². The van der Waals surface area contributed by atoms with E-state index in [1.165, 1.54) is 12.1 Å². The molecule has 1 atom stereocenters. The molecule has 4 heterocycles. The van der Waals surface area contributed by atoms with Crippen LogP contribution in [0.5, 0.6) is 0 Å². The summed E-state index contributed by atoms with van der Waals surface area (Å²) in [4.78, 5) is 28.2. The van der Waals surface area contributed by atoms with Crippen LogP contribution in [0.15, 0.2) is 96.1 Å². The van der Waals surface area contributed by atoms with E-state index in [4.69, 9.17) is 16.6 Å². The van der Waals surface area contributed by atoms with Crippen molar-refractivity contribution in [2.75, 3.05) is 4.72 Å². The zero-order chi connectivity index (χ0) is 29.4. The third kappa shape index (κ3) is 5.67. The molecular weight excluding hydrogens is 587 g/mol. The summed E-state index contributed by atoms with van der Waals surface area (Å²) in [6.07, 6.45) is -1.89. The van der Waals surface area contributed by atoms with Crippen molar-refractivity contribution >= 4 is 50.6 Å². The first-order valence-corrected chi connectivity index (χ1v) is 14.2. The molecule has 42 heavy (non-hydrogen) atoms. The van der Waals surface area contributed by atoms with Gasteiger partial charge in [0.25, 0.3) is 5.56 Å². The molecule has 0 saturated heterocycles. The van der Waals surface area contributed by atoms with Crippen LogP contribution in [0.4, 0.5) is 18.9 Å². The number of nitrogens with one attached hydrogen (secondary N) is 2. The van der Waals surface area contributed by atoms with E-state index >= 15 is 0 Å². The molecule has 0 radical (unpaired) electrons. The Morgan fingerprint density at radius 3 is 2.48 bits per heavy atom. The number of benzene rings is 2. The van der Waals surface area contributed by atoms with Gasteiger partial charge in [-0.25, -0.2) is 9.71 Å². The lowest BCUT2D eigenvalue weighted by atomic mass is 9.97. The minimum absolute atomic E-state index is 0.0154. The number of rotatable bonds is 6. The van der Waals surface area contributed by atoms with Crippen LogP contribution < -0.4 is 10.3 Å². The first kappa shape index (κ1) is 27.7. The summed E-state index contributed by atoms with van der Waals surface area (Å²) in [5.74, 6) is -0.164. The predicted molar refractivity (Wildman–Crippen MR) is 158 cm³/mol. The first-order valence-electron chi connectivity index (χ1n) is 12.5. The van der Waals surface area contributed by atoms with Gasteiger partial charge in [-0.05, 0) is 42.0 Å². The summed E-state index contributed by atoms with van der Waals surface area (Å²) in [7, 11) is 0. The van der Waals surface area contributed by atoms with Gasteiger partial charge in [-0.3, -0.25) is 14.8 Å². The molecular formula is C30H19ClF3N5O2S. The highest BCUT2D eigenvalue weighted by Gasteiger charge is 2.32. The lowest BCUT2D eigenvalue weighted by Gasteiger charge is -2.15. The second-order valence-corrected chi connectivity index (χ2v) is 11.0. The van der Waals surface area contributed by atoms with Crippen molar-refractivity contribution < 1.29 is 17.7 Å². The fourth-order valence-corrected chi connectivity index (χ4v) is 5.76. The van der Waals surface area contributed by atoms with E-state index in [2.05, 4.69) is 19.7 Å². The second kappa shape index (κ2) is 11.1. The molecule has 0 saturated carbocycles. The van der Waals surface area contributed by atoms with Crippen molar-refractivity contribution in [1.29, 1.82) is 0 Å². The zero-order valence-corrected chi connectivity index (χ0v) is 23.0. The Bertz CT molecular complexity index is 1990. The highest BCUT2D eigenvalue weighted by molar-refractivity contribution is 7.91. The second-order valence-electron chi connectivity index (χ2n) is 9.38. The molecule has 6 aromatic rings. The van der Waals surface area contributed by atoms with Crippen molar-refractivity contribution in [1.82, 2.24) is 19.9 Å². The Balaban J connectivity index is 1.39. The molecule has 4 aromatic heterocycles. The summed E-state index contributed by atoms with van der Waals surface area (Å²) in [6.45, 7) is 0. The maximum absolute atomic E-state index is 12.9. The molecule has 12 heteroatoms. The van der Waals surface area contributed by atoms with E-state index in [9.17, 15) is 22.5 Å². The minimum Gasteiger partial charge on any atom is -0.593 e. The first-order chi connectivity index (χ1) is 20.2. The molecule has 1 unspecified atom stereocenters. The van der Waals surface area contributed by atoms with Crippen LogP contribution in [0, 0.1) is 0 Å². The Kier molecular flexibility index (Phi) is 7.31. The number of halogens is 4. The molecule has 0 amide bonds. The van der Waals surface area contributed by atoms with Gasteiger partial charge in [0.05, 0.1) is 27.6 Å². The fraction of sp³-hybridized carbons (Fsp3) is 0.0667. The number of aromatic amines is 1. The highest BCUT2D eigenvalue weighted by Crippen LogP contribution is 2.36. The molecule has 0 aliphatic rings. The van der Waals surface area contributed by atoms with Crippen molar-refractivity contribution in [2.45, 2.75) is 11.9 Å². The van der Waals surface area contributed by atoms with E-state index in [1.807, 2.05) is 60.7 Å². The molecule has 0 bridgehead atoms. The smallest absolute Gasteiger partial charge is 0.433 e. The number of nitrogens with zero attached hydrogens (tertiary/aromatic N) is 3. The van der Waals surface area contributed by atoms with Gasteiger partial charge in [0.2, 0.25) is 0 Å². The topological polar surface area (TPSA) is 107 Å². The Morgan fingerprint density at radius 1 is 0.929 bits per heavy atom. The normalized spacial score (nSPS) is 12.5. The van der Waals surface area contributed by atoms with Crippen LogP contribution >= 0.6 is 11.6 Å². The van der Waals surface area contributed by atoms with Gasteiger partial charge < -0.3 is 9.54 Å². The number of hydrogen-bond acceptors (Lipinski definition) is 6. The number of alkyl halides is 3. The standard InChI is InChI=1S/C30H19ClF3N5O2S/c31-23-13-20(11-19-7-4-10-35-27(19)23)22-12-21-14-24(29(40)38-28(21)37-26(22)18-5-2-1-3-6-18)39-42(41)16-17-8-9-25(36-15-17)30(32,33)34/h1-15,39H,16H2,(H,37,38,40). The Labute approximate surface area is 244 Å². The number of hydrogen-bond donors (Lipinski definition) is 2. The maximum atomic E-state index is 12.9. The molecule has 7 nitrogen and oxygen atoms in total. The van der Waals surface area contributed by atoms with Crippen LogP contribution in [-0.4, -0.2) is 24.5 Å². The maximum Gasteiger partial charge on any atom is 0.433 e. The molecule has 0 aliphatic carbocycles. The monoisotopic (exact) mass is 605 g/mol. The van der Waals surface area contributed by atoms with Gasteiger partial charge in [0.1, 0.15) is 17.0 Å². The van der Waals surface area contributed by atoms with E-state index in [-0.39, 0.29) is 11.4 Å². The number of anilines is 1. The van der Waals surface area contributed by atoms with Crippen LogP contribution in [0.1, 0.15) is 11.3 Å². The van der Waals surface area contributed by atoms with E-state index in [0.29, 0.717) is 32.8 Å². The van der Waals surface area contributed by atoms with Gasteiger partial charge in [0, 0.05) is 39.9 Å². The zero-order valence-electron chi connectivity index (χ0n) is 21.4. The lowest BCUT2D eigenvalue weighted by molar-refractivity contribution is -0.141. The van der Waals surface area contributed by atoms with Gasteiger partial charge in [-0.1, -0.05) is 54.1 Å². The summed E-state index contributed by atoms with van der Waals surface area (Å²) < 4.78 is 53.9. The number of pyridine rings is 4. The van der Waals surface area contributed by atoms with Crippen molar-refractivity contribution in [3.05, 3.63) is 118 Å². The Hall–Kier alpha value is -4.45. The lowest BCUT2D eigenvalue weighted by Crippen LogP contribution is -2.22. The van der Waals surface area contributed by atoms with Gasteiger partial charge in [-0.15, -0.1) is 0 Å². The highest BCUT2D eigenvalue weighted by atomic mass is 35.5. The molecule has 0 spiro atoms. The largest absolute Gasteiger partial charge is 0.593 e. The average Bonchev–Trinajstić information content (AvgIpc) is 2.97. The average molecular weight is 606 g/mol. The molecule has 2 aromatic carbocycles. The SMILES string of the molecule is O=c1[nH]c2nc(-c3ccccc3)c(-c3cc(Cl)c4ncccc4c3)cc2cc1N[S+]([O-])Cc1ccc(C(F)(F)F)nc1. The molecule has 2 N–H and O–H groups in total. The van der Waals surface area contributed by atoms with Crippen LogP contribution in [-0.2, 0) is 23.3 Å². The number of fused-ring (bicyclic) bond motifs is 2. The number of H-pyrrole nitrogens is 1. The number of aromatic nitrogens is 4. The van der Waals surface area contributed by atoms with Gasteiger partial charge in [-0.2, -0.15) is 13.2 Å². The van der Waals surface area contributed by atoms with Crippen LogP contribution in [0.25, 0.3) is 44.3 Å². The summed E-state index contributed by atoms with van der Waals surface area (Å²) in [5, 5.41) is 1.87. The van der Waals surface area contributed by atoms with Gasteiger partial charge >= 0.3 is 6.18 Å². The van der Waals surface area contributed by atoms with Crippen molar-refractivity contribution in [3.8, 4) is 22.4 Å². The molecule has 6 rings (SSSR count). The van der Waals surface area contributed by atoms with Crippen LogP contribution in [0.2, 0.25) is 5.02 Å². The molecule has 0 aliphatic heterocycles. The summed E-state index contributed by atoms with van der Waals surface area (Å²) in [6, 6.07) is 22.4. The predicted octanol–water partition coefficient (Wildman–Crippen LogP) is 7.15. The van der Waals surface area contributed by atoms with Crippen molar-refractivity contribution in [2.24, 2.45) is 0 Å². The van der Waals surface area contributed by atoms with Gasteiger partial charge in [0.15, 0.2) is 5.75 Å². The van der Waals surface area contributed by atoms with E-state index in [0.717, 1.165) is 34.3 Å². The van der Waals surface area contributed by atoms with Crippen molar-refractivity contribution in [3.63, 3.8) is 0 Å². The molecule has 0 fully saturated rings. The fourth-order valence-electron chi connectivity index (χ4n) is 4.54. The summed E-state index contributed by atoms with van der Waals surface area (Å²) in [5.41, 5.74) is 2.69.